The van der Waals surface area contributed by atoms with Crippen molar-refractivity contribution in [2.75, 3.05) is 32.2 Å². The maximum Gasteiger partial charge on any atom is 0.229 e. The SMILES string of the molecule is COCCNC(=O)C[C@@H]1c2nc(NC(=O)C3CCC3)sc2C[C@@H]2[C@](C)(CO)[C@H](O)CC[C@]21C. The van der Waals surface area contributed by atoms with Crippen LogP contribution in [-0.2, 0) is 20.7 Å². The third kappa shape index (κ3) is 4.45. The van der Waals surface area contributed by atoms with Crippen LogP contribution < -0.4 is 10.6 Å². The molecule has 8 nitrogen and oxygen atoms in total. The summed E-state index contributed by atoms with van der Waals surface area (Å²) in [4.78, 5) is 31.3. The summed E-state index contributed by atoms with van der Waals surface area (Å²) in [5, 5.41) is 27.7. The Hall–Kier alpha value is -1.55. The van der Waals surface area contributed by atoms with Gasteiger partial charge in [-0.15, -0.1) is 11.3 Å². The fourth-order valence-corrected chi connectivity index (χ4v) is 7.20. The topological polar surface area (TPSA) is 121 Å². The molecule has 0 unspecified atom stereocenters. The number of aliphatic hydroxyl groups excluding tert-OH is 2. The summed E-state index contributed by atoms with van der Waals surface area (Å²) in [6.45, 7) is 4.92. The summed E-state index contributed by atoms with van der Waals surface area (Å²) < 4.78 is 5.05. The summed E-state index contributed by atoms with van der Waals surface area (Å²) in [5.74, 6) is -0.118. The van der Waals surface area contributed by atoms with E-state index in [9.17, 15) is 19.8 Å². The van der Waals surface area contributed by atoms with Gasteiger partial charge in [0, 0.05) is 42.2 Å². The van der Waals surface area contributed by atoms with Crippen LogP contribution in [0.3, 0.4) is 0 Å². The van der Waals surface area contributed by atoms with Crippen LogP contribution in [0.5, 0.6) is 0 Å². The molecule has 1 aromatic heterocycles. The molecule has 9 heteroatoms. The van der Waals surface area contributed by atoms with E-state index in [1.807, 2.05) is 6.92 Å². The lowest BCUT2D eigenvalue weighted by molar-refractivity contribution is -0.144. The van der Waals surface area contributed by atoms with Crippen molar-refractivity contribution >= 4 is 28.3 Å². The number of hydrogen-bond donors (Lipinski definition) is 4. The highest BCUT2D eigenvalue weighted by atomic mass is 32.1. The Morgan fingerprint density at radius 3 is 2.67 bits per heavy atom. The average Bonchev–Trinajstić information content (AvgIpc) is 3.13. The first kappa shape index (κ1) is 24.6. The number of aliphatic hydroxyl groups is 2. The van der Waals surface area contributed by atoms with Crippen LogP contribution >= 0.6 is 11.3 Å². The molecule has 2 amide bonds. The number of rotatable bonds is 8. The molecule has 0 aromatic carbocycles. The quantitative estimate of drug-likeness (QED) is 0.425. The zero-order valence-corrected chi connectivity index (χ0v) is 20.7. The van der Waals surface area contributed by atoms with Gasteiger partial charge in [0.2, 0.25) is 11.8 Å². The van der Waals surface area contributed by atoms with Crippen molar-refractivity contribution in [2.24, 2.45) is 22.7 Å². The molecule has 4 rings (SSSR count). The number of nitrogens with one attached hydrogen (secondary N) is 2. The first-order chi connectivity index (χ1) is 15.7. The molecule has 0 aliphatic heterocycles. The van der Waals surface area contributed by atoms with Gasteiger partial charge in [0.05, 0.1) is 25.0 Å². The molecule has 0 saturated heterocycles. The van der Waals surface area contributed by atoms with Crippen molar-refractivity contribution in [3.8, 4) is 0 Å². The Morgan fingerprint density at radius 2 is 2.03 bits per heavy atom. The number of methoxy groups -OCH3 is 1. The van der Waals surface area contributed by atoms with E-state index in [0.29, 0.717) is 31.1 Å². The van der Waals surface area contributed by atoms with Gasteiger partial charge in [0.15, 0.2) is 5.13 Å². The maximum absolute atomic E-state index is 12.9. The normalized spacial score (nSPS) is 33.5. The van der Waals surface area contributed by atoms with Crippen molar-refractivity contribution in [2.45, 2.75) is 70.8 Å². The summed E-state index contributed by atoms with van der Waals surface area (Å²) in [5.41, 5.74) is -0.0679. The molecule has 1 heterocycles. The van der Waals surface area contributed by atoms with E-state index in [0.717, 1.165) is 36.3 Å². The highest BCUT2D eigenvalue weighted by molar-refractivity contribution is 7.15. The summed E-state index contributed by atoms with van der Waals surface area (Å²) in [6.07, 6.45) is 4.64. The number of hydrogen-bond acceptors (Lipinski definition) is 7. The molecule has 4 N–H and O–H groups in total. The number of carbonyl (C=O) groups excluding carboxylic acids is 2. The van der Waals surface area contributed by atoms with Gasteiger partial charge in [-0.3, -0.25) is 9.59 Å². The van der Waals surface area contributed by atoms with Gasteiger partial charge in [0.1, 0.15) is 0 Å². The third-order valence-electron chi connectivity index (χ3n) is 8.62. The predicted molar refractivity (Wildman–Crippen MR) is 126 cm³/mol. The minimum absolute atomic E-state index is 0.00124. The Kier molecular flexibility index (Phi) is 7.15. The van der Waals surface area contributed by atoms with E-state index in [2.05, 4.69) is 17.6 Å². The van der Waals surface area contributed by atoms with E-state index >= 15 is 0 Å². The molecule has 0 spiro atoms. The number of amides is 2. The van der Waals surface area contributed by atoms with Gasteiger partial charge in [-0.1, -0.05) is 20.3 Å². The molecule has 1 aromatic rings. The Bertz CT molecular complexity index is 887. The monoisotopic (exact) mass is 479 g/mol. The molecule has 5 atom stereocenters. The number of carbonyl (C=O) groups is 2. The summed E-state index contributed by atoms with van der Waals surface area (Å²) in [6, 6.07) is 0. The lowest BCUT2D eigenvalue weighted by Gasteiger charge is -2.58. The van der Waals surface area contributed by atoms with Gasteiger partial charge < -0.3 is 25.6 Å². The molecular formula is C24H37N3O5S. The molecule has 0 bridgehead atoms. The molecule has 33 heavy (non-hydrogen) atoms. The Morgan fingerprint density at radius 1 is 1.27 bits per heavy atom. The van der Waals surface area contributed by atoms with Gasteiger partial charge >= 0.3 is 0 Å². The second-order valence-electron chi connectivity index (χ2n) is 10.5. The second-order valence-corrected chi connectivity index (χ2v) is 11.6. The number of fused-ring (bicyclic) bond motifs is 2. The van der Waals surface area contributed by atoms with E-state index in [1.54, 1.807) is 7.11 Å². The number of thiazole rings is 1. The zero-order valence-electron chi connectivity index (χ0n) is 19.9. The minimum atomic E-state index is -0.658. The smallest absolute Gasteiger partial charge is 0.229 e. The highest BCUT2D eigenvalue weighted by Crippen LogP contribution is 2.62. The fourth-order valence-electron chi connectivity index (χ4n) is 6.13. The van der Waals surface area contributed by atoms with Crippen LogP contribution in [-0.4, -0.2) is 60.0 Å². The van der Waals surface area contributed by atoms with Crippen LogP contribution in [0.15, 0.2) is 0 Å². The summed E-state index contributed by atoms with van der Waals surface area (Å²) >= 11 is 1.48. The molecule has 3 aliphatic rings. The van der Waals surface area contributed by atoms with Gasteiger partial charge in [-0.25, -0.2) is 4.98 Å². The number of nitrogens with zero attached hydrogens (tertiary/aromatic N) is 1. The van der Waals surface area contributed by atoms with Crippen LogP contribution in [0, 0.1) is 22.7 Å². The largest absolute Gasteiger partial charge is 0.396 e. The number of anilines is 1. The lowest BCUT2D eigenvalue weighted by atomic mass is 9.47. The summed E-state index contributed by atoms with van der Waals surface area (Å²) in [7, 11) is 1.60. The lowest BCUT2D eigenvalue weighted by Crippen LogP contribution is -2.57. The van der Waals surface area contributed by atoms with Crippen LogP contribution in [0.25, 0.3) is 0 Å². The fraction of sp³-hybridized carbons (Fsp3) is 0.792. The third-order valence-corrected chi connectivity index (χ3v) is 9.63. The standard InChI is InChI=1S/C24H37N3O5S/c1-23-8-7-18(29)24(2,13-28)17(23)12-16-20(15(23)11-19(30)25-9-10-32-3)26-22(33-16)27-21(31)14-5-4-6-14/h14-15,17-18,28-29H,4-13H2,1-3H3,(H,25,30)(H,26,27,31)/t15-,17+,18-,23+,24+/m1/s1. The van der Waals surface area contributed by atoms with E-state index in [4.69, 9.17) is 9.72 Å². The average molecular weight is 480 g/mol. The van der Waals surface area contributed by atoms with Crippen LogP contribution in [0.1, 0.15) is 68.9 Å². The predicted octanol–water partition coefficient (Wildman–Crippen LogP) is 2.45. The zero-order chi connectivity index (χ0) is 23.8. The molecule has 184 valence electrons. The van der Waals surface area contributed by atoms with Crippen molar-refractivity contribution in [3.05, 3.63) is 10.6 Å². The molecule has 3 aliphatic carbocycles. The first-order valence-corrected chi connectivity index (χ1v) is 12.9. The van der Waals surface area contributed by atoms with E-state index in [-0.39, 0.29) is 48.0 Å². The van der Waals surface area contributed by atoms with Crippen molar-refractivity contribution < 1.29 is 24.5 Å². The van der Waals surface area contributed by atoms with Crippen molar-refractivity contribution in [1.82, 2.24) is 10.3 Å². The minimum Gasteiger partial charge on any atom is -0.396 e. The Balaban J connectivity index is 1.66. The van der Waals surface area contributed by atoms with Gasteiger partial charge in [-0.05, 0) is 43.4 Å². The maximum atomic E-state index is 12.9. The van der Waals surface area contributed by atoms with Crippen molar-refractivity contribution in [1.29, 1.82) is 0 Å². The highest BCUT2D eigenvalue weighted by Gasteiger charge is 2.59. The molecule has 2 fully saturated rings. The molecule has 0 radical (unpaired) electrons. The molecular weight excluding hydrogens is 442 g/mol. The van der Waals surface area contributed by atoms with Crippen LogP contribution in [0.2, 0.25) is 0 Å². The van der Waals surface area contributed by atoms with Crippen molar-refractivity contribution in [3.63, 3.8) is 0 Å². The number of aromatic nitrogens is 1. The van der Waals surface area contributed by atoms with Crippen LogP contribution in [0.4, 0.5) is 5.13 Å². The molecule has 2 saturated carbocycles. The number of ether oxygens (including phenoxy) is 1. The van der Waals surface area contributed by atoms with Gasteiger partial charge in [0.25, 0.3) is 0 Å². The van der Waals surface area contributed by atoms with Gasteiger partial charge in [-0.2, -0.15) is 0 Å². The second kappa shape index (κ2) is 9.60. The van der Waals surface area contributed by atoms with E-state index in [1.165, 1.54) is 11.3 Å². The first-order valence-electron chi connectivity index (χ1n) is 12.1. The Labute approximate surface area is 199 Å². The van der Waals surface area contributed by atoms with E-state index < -0.39 is 11.5 Å².